The van der Waals surface area contributed by atoms with Gasteiger partial charge in [0.05, 0.1) is 17.3 Å². The summed E-state index contributed by atoms with van der Waals surface area (Å²) >= 11 is 1.02. The Morgan fingerprint density at radius 3 is 2.36 bits per heavy atom. The molecule has 0 saturated carbocycles. The van der Waals surface area contributed by atoms with Gasteiger partial charge in [-0.15, -0.1) is 11.3 Å². The second kappa shape index (κ2) is 9.64. The lowest BCUT2D eigenvalue weighted by atomic mass is 10.0. The molecule has 0 aliphatic rings. The summed E-state index contributed by atoms with van der Waals surface area (Å²) in [6, 6.07) is 9.84. The zero-order valence-electron chi connectivity index (χ0n) is 15.6. The molecule has 1 aromatic carbocycles. The average molecular weight is 446 g/mol. The first-order chi connectivity index (χ1) is 13.2. The lowest BCUT2D eigenvalue weighted by Gasteiger charge is -2.20. The number of hydrogen-bond acceptors (Lipinski definition) is 7. The molecule has 0 amide bonds. The third kappa shape index (κ3) is 6.13. The van der Waals surface area contributed by atoms with Gasteiger partial charge in [-0.3, -0.25) is 4.79 Å². The van der Waals surface area contributed by atoms with Crippen LogP contribution in [-0.2, 0) is 29.4 Å². The summed E-state index contributed by atoms with van der Waals surface area (Å²) in [6.45, 7) is 3.37. The second-order valence-corrected chi connectivity index (χ2v) is 11.2. The molecule has 28 heavy (non-hydrogen) atoms. The van der Waals surface area contributed by atoms with Crippen LogP contribution < -0.4 is 4.72 Å². The van der Waals surface area contributed by atoms with Gasteiger partial charge in [0.15, 0.2) is 9.84 Å². The topological polar surface area (TPSA) is 107 Å². The zero-order chi connectivity index (χ0) is 20.8. The van der Waals surface area contributed by atoms with Crippen LogP contribution in [-0.4, -0.2) is 41.2 Å². The number of nitrogens with one attached hydrogen (secondary N) is 1. The summed E-state index contributed by atoms with van der Waals surface area (Å²) in [5, 5.41) is 1.61. The molecule has 1 aromatic heterocycles. The summed E-state index contributed by atoms with van der Waals surface area (Å²) < 4.78 is 57.4. The van der Waals surface area contributed by atoms with Crippen molar-refractivity contribution in [3.05, 3.63) is 47.8 Å². The molecular weight excluding hydrogens is 422 g/mol. The van der Waals surface area contributed by atoms with Crippen LogP contribution in [0.4, 0.5) is 0 Å². The van der Waals surface area contributed by atoms with E-state index in [4.69, 9.17) is 4.74 Å². The van der Waals surface area contributed by atoms with E-state index in [0.29, 0.717) is 0 Å². The maximum absolute atomic E-state index is 12.5. The molecule has 1 N–H and O–H groups in total. The van der Waals surface area contributed by atoms with Crippen LogP contribution in [0.25, 0.3) is 0 Å². The van der Waals surface area contributed by atoms with Gasteiger partial charge in [0.2, 0.25) is 0 Å². The third-order valence-electron chi connectivity index (χ3n) is 3.87. The lowest BCUT2D eigenvalue weighted by Crippen LogP contribution is -2.43. The molecule has 0 aliphatic carbocycles. The Balaban J connectivity index is 2.15. The lowest BCUT2D eigenvalue weighted by molar-refractivity contribution is -0.145. The number of esters is 1. The first kappa shape index (κ1) is 22.5. The van der Waals surface area contributed by atoms with Crippen molar-refractivity contribution in [2.75, 3.05) is 12.4 Å². The molecule has 0 bridgehead atoms. The second-order valence-electron chi connectivity index (χ2n) is 6.29. The van der Waals surface area contributed by atoms with Crippen molar-refractivity contribution in [3.63, 3.8) is 0 Å². The van der Waals surface area contributed by atoms with Gasteiger partial charge in [-0.05, 0) is 42.8 Å². The smallest absolute Gasteiger partial charge is 0.324 e. The van der Waals surface area contributed by atoms with E-state index < -0.39 is 37.8 Å². The largest absolute Gasteiger partial charge is 0.465 e. The van der Waals surface area contributed by atoms with Gasteiger partial charge in [0.25, 0.3) is 10.0 Å². The van der Waals surface area contributed by atoms with Gasteiger partial charge >= 0.3 is 5.97 Å². The van der Waals surface area contributed by atoms with Crippen LogP contribution in [0.5, 0.6) is 0 Å². The van der Waals surface area contributed by atoms with E-state index in [-0.39, 0.29) is 27.9 Å². The molecule has 0 spiro atoms. The number of sulfonamides is 1. The molecule has 1 unspecified atom stereocenters. The molecule has 2 rings (SSSR count). The maximum Gasteiger partial charge on any atom is 0.324 e. The SMILES string of the molecule is CCOC(=O)[C@H](CC(C)CS(=O)(=O)c1ccccc1)NS(=O)(=O)c1cccs1. The molecule has 2 atom stereocenters. The Labute approximate surface area is 169 Å². The van der Waals surface area contributed by atoms with Crippen molar-refractivity contribution in [2.24, 2.45) is 5.92 Å². The fraction of sp³-hybridized carbons (Fsp3) is 0.389. The van der Waals surface area contributed by atoms with Crippen molar-refractivity contribution in [3.8, 4) is 0 Å². The number of hydrogen-bond donors (Lipinski definition) is 1. The van der Waals surface area contributed by atoms with Gasteiger partial charge < -0.3 is 4.74 Å². The molecule has 0 saturated heterocycles. The number of rotatable bonds is 10. The summed E-state index contributed by atoms with van der Waals surface area (Å²) in [5.41, 5.74) is 0. The van der Waals surface area contributed by atoms with Gasteiger partial charge in [-0.25, -0.2) is 16.8 Å². The molecule has 1 heterocycles. The van der Waals surface area contributed by atoms with E-state index in [2.05, 4.69) is 4.72 Å². The highest BCUT2D eigenvalue weighted by Crippen LogP contribution is 2.20. The molecule has 154 valence electrons. The minimum absolute atomic E-state index is 0.00446. The van der Waals surface area contributed by atoms with E-state index in [9.17, 15) is 21.6 Å². The first-order valence-corrected chi connectivity index (χ1v) is 12.7. The fourth-order valence-corrected chi connectivity index (χ4v) is 6.52. The molecule has 2 aromatic rings. The Kier molecular flexibility index (Phi) is 7.76. The number of benzene rings is 1. The molecule has 0 radical (unpaired) electrons. The van der Waals surface area contributed by atoms with Crippen molar-refractivity contribution < 1.29 is 26.4 Å². The summed E-state index contributed by atoms with van der Waals surface area (Å²) in [6.07, 6.45) is -0.00446. The number of carbonyl (C=O) groups is 1. The van der Waals surface area contributed by atoms with Crippen molar-refractivity contribution in [1.29, 1.82) is 0 Å². The van der Waals surface area contributed by atoms with Crippen LogP contribution >= 0.6 is 11.3 Å². The van der Waals surface area contributed by atoms with E-state index in [1.165, 1.54) is 18.2 Å². The van der Waals surface area contributed by atoms with Crippen LogP contribution in [0.15, 0.2) is 56.9 Å². The molecule has 0 fully saturated rings. The van der Waals surface area contributed by atoms with Crippen LogP contribution in [0.1, 0.15) is 20.3 Å². The van der Waals surface area contributed by atoms with Crippen molar-refractivity contribution >= 4 is 37.2 Å². The van der Waals surface area contributed by atoms with Crippen LogP contribution in [0, 0.1) is 5.92 Å². The van der Waals surface area contributed by atoms with Crippen LogP contribution in [0.2, 0.25) is 0 Å². The number of ether oxygens (including phenoxy) is 1. The first-order valence-electron chi connectivity index (χ1n) is 8.66. The van der Waals surface area contributed by atoms with Crippen molar-refractivity contribution in [1.82, 2.24) is 4.72 Å². The van der Waals surface area contributed by atoms with E-state index in [1.54, 1.807) is 43.5 Å². The standard InChI is InChI=1S/C18H23NO6S3/c1-3-25-18(20)16(19-28(23,24)17-10-7-11-26-17)12-14(2)13-27(21,22)15-8-5-4-6-9-15/h4-11,14,16,19H,3,12-13H2,1-2H3/t14?,16-/m0/s1. The highest BCUT2D eigenvalue weighted by atomic mass is 32.2. The Morgan fingerprint density at radius 2 is 1.79 bits per heavy atom. The Hall–Kier alpha value is -1.75. The number of carbonyl (C=O) groups excluding carboxylic acids is 1. The van der Waals surface area contributed by atoms with Gasteiger partial charge in [0, 0.05) is 0 Å². The Bertz CT molecular complexity index is 970. The Morgan fingerprint density at radius 1 is 1.11 bits per heavy atom. The average Bonchev–Trinajstić information content (AvgIpc) is 3.17. The fourth-order valence-electron chi connectivity index (χ4n) is 2.67. The van der Waals surface area contributed by atoms with E-state index in [1.807, 2.05) is 0 Å². The highest BCUT2D eigenvalue weighted by molar-refractivity contribution is 7.91. The monoisotopic (exact) mass is 445 g/mol. The minimum Gasteiger partial charge on any atom is -0.465 e. The third-order valence-corrected chi connectivity index (χ3v) is 8.74. The molecule has 0 aliphatic heterocycles. The molecular formula is C18H23NO6S3. The van der Waals surface area contributed by atoms with Gasteiger partial charge in [-0.2, -0.15) is 4.72 Å². The minimum atomic E-state index is -3.90. The molecule has 10 heteroatoms. The van der Waals surface area contributed by atoms with E-state index in [0.717, 1.165) is 11.3 Å². The number of thiophene rings is 1. The zero-order valence-corrected chi connectivity index (χ0v) is 18.0. The van der Waals surface area contributed by atoms with Crippen LogP contribution in [0.3, 0.4) is 0 Å². The maximum atomic E-state index is 12.5. The predicted molar refractivity (Wildman–Crippen MR) is 107 cm³/mol. The summed E-state index contributed by atoms with van der Waals surface area (Å²) in [5.74, 6) is -1.43. The van der Waals surface area contributed by atoms with Crippen molar-refractivity contribution in [2.45, 2.75) is 35.4 Å². The summed E-state index contributed by atoms with van der Waals surface area (Å²) in [4.78, 5) is 12.5. The highest BCUT2D eigenvalue weighted by Gasteiger charge is 2.30. The summed E-state index contributed by atoms with van der Waals surface area (Å²) in [7, 11) is -7.46. The number of sulfone groups is 1. The molecule has 7 nitrogen and oxygen atoms in total. The predicted octanol–water partition coefficient (Wildman–Crippen LogP) is 2.46. The quantitative estimate of drug-likeness (QED) is 0.563. The van der Waals surface area contributed by atoms with E-state index >= 15 is 0 Å². The van der Waals surface area contributed by atoms with Gasteiger partial charge in [-0.1, -0.05) is 31.2 Å². The normalized spacial score (nSPS) is 14.4. The van der Waals surface area contributed by atoms with Gasteiger partial charge in [0.1, 0.15) is 10.3 Å².